The molecule has 4 heteroatoms. The molecule has 0 N–H and O–H groups in total. The van der Waals surface area contributed by atoms with Crippen molar-refractivity contribution < 1.29 is 8.78 Å². The molecule has 1 aromatic carbocycles. The van der Waals surface area contributed by atoms with Crippen LogP contribution in [0.5, 0.6) is 0 Å². The van der Waals surface area contributed by atoms with Crippen molar-refractivity contribution in [3.63, 3.8) is 0 Å². The molecular weight excluding hydrogens is 192 g/mol. The van der Waals surface area contributed by atoms with E-state index in [4.69, 9.17) is 0 Å². The van der Waals surface area contributed by atoms with Gasteiger partial charge in [-0.1, -0.05) is 11.8 Å². The second-order valence-corrected chi connectivity index (χ2v) is 3.50. The molecule has 0 radical (unpaired) electrons. The van der Waals surface area contributed by atoms with Crippen molar-refractivity contribution in [1.29, 1.82) is 0 Å². The Morgan fingerprint density at radius 3 is 2.92 bits per heavy atom. The average Bonchev–Trinajstić information content (AvgIpc) is 2.15. The number of aliphatic imine (C=N–C) groups is 1. The van der Waals surface area contributed by atoms with E-state index in [-0.39, 0.29) is 5.69 Å². The molecule has 1 aliphatic rings. The number of fused-ring (bicyclic) bond motifs is 1. The summed E-state index contributed by atoms with van der Waals surface area (Å²) >= 11 is 1.23. The number of halogens is 2. The third kappa shape index (κ3) is 1.28. The maximum atomic E-state index is 13.1. The van der Waals surface area contributed by atoms with Gasteiger partial charge in [0.1, 0.15) is 11.5 Å². The molecule has 0 saturated carbocycles. The zero-order valence-electron chi connectivity index (χ0n) is 6.77. The van der Waals surface area contributed by atoms with Crippen LogP contribution < -0.4 is 0 Å². The molecule has 0 aliphatic carbocycles. The molecule has 13 heavy (non-hydrogen) atoms. The third-order valence-electron chi connectivity index (χ3n) is 1.80. The summed E-state index contributed by atoms with van der Waals surface area (Å²) in [7, 11) is 0. The maximum Gasteiger partial charge on any atom is 0.153 e. The Labute approximate surface area is 78.2 Å². The Balaban J connectivity index is 2.77. The summed E-state index contributed by atoms with van der Waals surface area (Å²) in [5.74, 6) is 1.36. The Morgan fingerprint density at radius 1 is 1.38 bits per heavy atom. The summed E-state index contributed by atoms with van der Waals surface area (Å²) < 4.78 is 26.1. The number of hydrogen-bond donors (Lipinski definition) is 0. The minimum Gasteiger partial charge on any atom is -0.207 e. The van der Waals surface area contributed by atoms with E-state index in [0.29, 0.717) is 10.5 Å². The quantitative estimate of drug-likeness (QED) is 0.622. The van der Waals surface area contributed by atoms with Crippen LogP contribution in [0.4, 0.5) is 14.5 Å². The molecule has 1 heterocycles. The van der Waals surface area contributed by atoms with Crippen molar-refractivity contribution in [2.24, 2.45) is 4.99 Å². The van der Waals surface area contributed by atoms with Gasteiger partial charge in [-0.25, -0.2) is 13.8 Å². The highest BCUT2D eigenvalue weighted by Crippen LogP contribution is 2.38. The average molecular weight is 197 g/mol. The van der Waals surface area contributed by atoms with Crippen molar-refractivity contribution in [2.45, 2.75) is 11.8 Å². The van der Waals surface area contributed by atoms with E-state index >= 15 is 0 Å². The Morgan fingerprint density at radius 2 is 2.15 bits per heavy atom. The van der Waals surface area contributed by atoms with Crippen LogP contribution in [-0.4, -0.2) is 5.87 Å². The Hall–Kier alpha value is -1.12. The van der Waals surface area contributed by atoms with E-state index in [0.717, 1.165) is 6.07 Å². The van der Waals surface area contributed by atoms with Crippen LogP contribution in [0.15, 0.2) is 21.4 Å². The first kappa shape index (κ1) is 8.48. The van der Waals surface area contributed by atoms with Crippen LogP contribution in [0.3, 0.4) is 0 Å². The zero-order chi connectivity index (χ0) is 9.42. The molecule has 66 valence electrons. The van der Waals surface area contributed by atoms with Crippen LogP contribution in [-0.2, 0) is 0 Å². The molecule has 1 nitrogen and oxygen atoms in total. The highest BCUT2D eigenvalue weighted by Gasteiger charge is 2.16. The smallest absolute Gasteiger partial charge is 0.153 e. The van der Waals surface area contributed by atoms with Gasteiger partial charge in [-0.3, -0.25) is 0 Å². The molecule has 0 aromatic heterocycles. The monoisotopic (exact) mass is 197 g/mol. The van der Waals surface area contributed by atoms with E-state index in [2.05, 4.69) is 10.9 Å². The van der Waals surface area contributed by atoms with E-state index < -0.39 is 11.6 Å². The highest BCUT2D eigenvalue weighted by molar-refractivity contribution is 8.02. The molecule has 0 saturated heterocycles. The lowest BCUT2D eigenvalue weighted by Crippen LogP contribution is -1.92. The minimum absolute atomic E-state index is 0.186. The lowest BCUT2D eigenvalue weighted by atomic mass is 10.2. The fourth-order valence-corrected chi connectivity index (χ4v) is 1.86. The number of hydrogen-bond acceptors (Lipinski definition) is 2. The fraction of sp³-hybridized carbons (Fsp3) is 0.111. The van der Waals surface area contributed by atoms with Gasteiger partial charge in [0.25, 0.3) is 0 Å². The van der Waals surface area contributed by atoms with Gasteiger partial charge in [0.05, 0.1) is 0 Å². The summed E-state index contributed by atoms with van der Waals surface area (Å²) in [6.45, 7) is 1.61. The standard InChI is InChI=1S/C9H5F2NS/c1-5-6(10)4-7(11)8-9(5)13-3-2-12-8/h3-4H,1H3. The molecule has 1 aromatic rings. The molecule has 0 bridgehead atoms. The number of rotatable bonds is 0. The fourth-order valence-electron chi connectivity index (χ4n) is 1.11. The molecule has 0 fully saturated rings. The van der Waals surface area contributed by atoms with Crippen molar-refractivity contribution >= 4 is 23.3 Å². The van der Waals surface area contributed by atoms with E-state index in [1.54, 1.807) is 12.3 Å². The summed E-state index contributed by atoms with van der Waals surface area (Å²) in [4.78, 5) is 4.26. The molecule has 0 atom stereocenters. The second-order valence-electron chi connectivity index (χ2n) is 2.62. The normalized spacial score (nSPS) is 13.2. The molecular formula is C9H5F2NS. The Bertz CT molecular complexity index is 434. The molecule has 0 amide bonds. The number of benzene rings is 1. The topological polar surface area (TPSA) is 12.4 Å². The van der Waals surface area contributed by atoms with Crippen molar-refractivity contribution in [3.05, 3.63) is 28.7 Å². The van der Waals surface area contributed by atoms with Crippen LogP contribution >= 0.6 is 11.8 Å². The lowest BCUT2D eigenvalue weighted by molar-refractivity contribution is 0.572. The van der Waals surface area contributed by atoms with Gasteiger partial charge in [0, 0.05) is 21.9 Å². The van der Waals surface area contributed by atoms with E-state index in [1.165, 1.54) is 11.8 Å². The van der Waals surface area contributed by atoms with Crippen molar-refractivity contribution in [2.75, 3.05) is 0 Å². The minimum atomic E-state index is -0.633. The summed E-state index contributed by atoms with van der Waals surface area (Å²) in [6.07, 6.45) is 0. The molecule has 0 spiro atoms. The predicted molar refractivity (Wildman–Crippen MR) is 48.6 cm³/mol. The maximum absolute atomic E-state index is 13.1. The highest BCUT2D eigenvalue weighted by atomic mass is 32.2. The van der Waals surface area contributed by atoms with Gasteiger partial charge in [-0.15, -0.1) is 0 Å². The SMILES string of the molecule is Cc1c(F)cc(F)c2c1SC=C=N2. The lowest BCUT2D eigenvalue weighted by Gasteiger charge is -2.09. The Kier molecular flexibility index (Phi) is 1.94. The number of thioether (sulfide) groups is 1. The molecule has 0 unspecified atom stereocenters. The van der Waals surface area contributed by atoms with Gasteiger partial charge in [-0.2, -0.15) is 0 Å². The van der Waals surface area contributed by atoms with Gasteiger partial charge >= 0.3 is 0 Å². The summed E-state index contributed by atoms with van der Waals surface area (Å²) in [6, 6.07) is 0.852. The molecule has 1 aliphatic heterocycles. The zero-order valence-corrected chi connectivity index (χ0v) is 7.58. The number of nitrogens with zero attached hydrogens (tertiary/aromatic N) is 1. The van der Waals surface area contributed by atoms with Gasteiger partial charge in [0.15, 0.2) is 5.82 Å². The van der Waals surface area contributed by atoms with Gasteiger partial charge in [-0.05, 0) is 12.8 Å². The summed E-state index contributed by atoms with van der Waals surface area (Å²) in [5, 5.41) is 1.58. The third-order valence-corrected chi connectivity index (χ3v) is 2.76. The van der Waals surface area contributed by atoms with Crippen molar-refractivity contribution in [3.8, 4) is 0 Å². The van der Waals surface area contributed by atoms with Gasteiger partial charge < -0.3 is 0 Å². The molecule has 2 rings (SSSR count). The first-order valence-electron chi connectivity index (χ1n) is 3.63. The van der Waals surface area contributed by atoms with Crippen LogP contribution in [0.1, 0.15) is 5.56 Å². The predicted octanol–water partition coefficient (Wildman–Crippen LogP) is 3.19. The largest absolute Gasteiger partial charge is 0.207 e. The van der Waals surface area contributed by atoms with Crippen LogP contribution in [0.25, 0.3) is 0 Å². The second kappa shape index (κ2) is 2.98. The first-order chi connectivity index (χ1) is 6.20. The van der Waals surface area contributed by atoms with Crippen LogP contribution in [0.2, 0.25) is 0 Å². The van der Waals surface area contributed by atoms with Crippen LogP contribution in [0, 0.1) is 18.6 Å². The van der Waals surface area contributed by atoms with E-state index in [9.17, 15) is 8.78 Å². The first-order valence-corrected chi connectivity index (χ1v) is 4.51. The van der Waals surface area contributed by atoms with E-state index in [1.807, 2.05) is 0 Å². The van der Waals surface area contributed by atoms with Crippen molar-refractivity contribution in [1.82, 2.24) is 0 Å². The van der Waals surface area contributed by atoms with Gasteiger partial charge in [0.2, 0.25) is 0 Å². The summed E-state index contributed by atoms with van der Waals surface area (Å²) in [5.41, 5.74) is 0.620.